The summed E-state index contributed by atoms with van der Waals surface area (Å²) in [5.74, 6) is -0.0600. The summed E-state index contributed by atoms with van der Waals surface area (Å²) in [4.78, 5) is 29.1. The number of carbonyl (C=O) groups is 2. The number of sulfonamides is 1. The first-order valence-electron chi connectivity index (χ1n) is 14.4. The predicted octanol–water partition coefficient (Wildman–Crippen LogP) is 5.54. The van der Waals surface area contributed by atoms with Gasteiger partial charge in [0.05, 0.1) is 17.7 Å². The SMILES string of the molecule is CCCCNC(=O)C(CC)N(Cc1ccc(OC)cc1)C(=O)CN(c1ccc(C)c(C)c1)S(=O)(=O)c1ccc(C)cc1. The van der Waals surface area contributed by atoms with Crippen molar-refractivity contribution in [3.05, 3.63) is 89.0 Å². The van der Waals surface area contributed by atoms with Crippen LogP contribution in [0.4, 0.5) is 5.69 Å². The molecule has 0 saturated carbocycles. The summed E-state index contributed by atoms with van der Waals surface area (Å²) in [6.07, 6.45) is 2.12. The van der Waals surface area contributed by atoms with E-state index in [4.69, 9.17) is 4.74 Å². The third-order valence-electron chi connectivity index (χ3n) is 7.39. The molecule has 42 heavy (non-hydrogen) atoms. The molecule has 0 aliphatic carbocycles. The Morgan fingerprint density at radius 2 is 1.57 bits per heavy atom. The fourth-order valence-corrected chi connectivity index (χ4v) is 6.01. The van der Waals surface area contributed by atoms with Crippen molar-refractivity contribution in [1.29, 1.82) is 0 Å². The standard InChI is InChI=1S/C33H43N3O5S/c1-7-9-20-34-33(38)31(8-2)35(22-27-13-16-29(41-6)17-14-27)32(37)23-36(28-15-12-25(4)26(5)21-28)42(39,40)30-18-10-24(3)11-19-30/h10-19,21,31H,7-9,20,22-23H2,1-6H3,(H,34,38). The van der Waals surface area contributed by atoms with Gasteiger partial charge >= 0.3 is 0 Å². The van der Waals surface area contributed by atoms with Crippen molar-refractivity contribution < 1.29 is 22.7 Å². The summed E-state index contributed by atoms with van der Waals surface area (Å²) >= 11 is 0. The highest BCUT2D eigenvalue weighted by Gasteiger charge is 2.33. The summed E-state index contributed by atoms with van der Waals surface area (Å²) in [5, 5.41) is 2.95. The molecule has 226 valence electrons. The number of methoxy groups -OCH3 is 1. The van der Waals surface area contributed by atoms with Gasteiger partial charge in [0.25, 0.3) is 10.0 Å². The second kappa shape index (κ2) is 14.9. The zero-order chi connectivity index (χ0) is 30.9. The van der Waals surface area contributed by atoms with Crippen LogP contribution in [0.3, 0.4) is 0 Å². The number of carbonyl (C=O) groups excluding carboxylic acids is 2. The van der Waals surface area contributed by atoms with Crippen molar-refractivity contribution in [2.75, 3.05) is 24.5 Å². The van der Waals surface area contributed by atoms with Crippen molar-refractivity contribution in [2.24, 2.45) is 0 Å². The zero-order valence-corrected chi connectivity index (χ0v) is 26.3. The van der Waals surface area contributed by atoms with Gasteiger partial charge in [-0.05, 0) is 86.7 Å². The number of aryl methyl sites for hydroxylation is 3. The maximum Gasteiger partial charge on any atom is 0.264 e. The van der Waals surface area contributed by atoms with Crippen LogP contribution >= 0.6 is 0 Å². The van der Waals surface area contributed by atoms with Crippen molar-refractivity contribution in [2.45, 2.75) is 71.4 Å². The van der Waals surface area contributed by atoms with Gasteiger partial charge in [-0.2, -0.15) is 0 Å². The van der Waals surface area contributed by atoms with E-state index in [1.807, 2.05) is 52.8 Å². The molecular formula is C33H43N3O5S. The summed E-state index contributed by atoms with van der Waals surface area (Å²) in [6, 6.07) is 18.4. The molecule has 3 aromatic carbocycles. The average molecular weight is 594 g/mol. The molecule has 2 amide bonds. The Balaban J connectivity index is 2.05. The predicted molar refractivity (Wildman–Crippen MR) is 167 cm³/mol. The molecule has 3 rings (SSSR count). The van der Waals surface area contributed by atoms with Gasteiger partial charge in [-0.1, -0.05) is 56.2 Å². The van der Waals surface area contributed by atoms with Crippen LogP contribution in [0.25, 0.3) is 0 Å². The van der Waals surface area contributed by atoms with E-state index in [0.717, 1.165) is 39.4 Å². The molecule has 0 bridgehead atoms. The molecule has 0 aromatic heterocycles. The van der Waals surface area contributed by atoms with Crippen LogP contribution in [0, 0.1) is 20.8 Å². The number of nitrogens with one attached hydrogen (secondary N) is 1. The Kier molecular flexibility index (Phi) is 11.6. The van der Waals surface area contributed by atoms with Gasteiger partial charge in [0.1, 0.15) is 18.3 Å². The minimum Gasteiger partial charge on any atom is -0.497 e. The van der Waals surface area contributed by atoms with Gasteiger partial charge in [-0.3, -0.25) is 13.9 Å². The largest absolute Gasteiger partial charge is 0.497 e. The van der Waals surface area contributed by atoms with Crippen LogP contribution in [0.5, 0.6) is 5.75 Å². The third kappa shape index (κ3) is 8.12. The molecule has 1 N–H and O–H groups in total. The number of nitrogens with zero attached hydrogens (tertiary/aromatic N) is 2. The maximum atomic E-state index is 14.2. The van der Waals surface area contributed by atoms with E-state index in [-0.39, 0.29) is 17.3 Å². The fourth-order valence-electron chi connectivity index (χ4n) is 4.60. The molecule has 1 atom stereocenters. The number of amides is 2. The zero-order valence-electron chi connectivity index (χ0n) is 25.5. The lowest BCUT2D eigenvalue weighted by atomic mass is 10.1. The highest BCUT2D eigenvalue weighted by molar-refractivity contribution is 7.92. The summed E-state index contributed by atoms with van der Waals surface area (Å²) in [5.41, 5.74) is 4.02. The lowest BCUT2D eigenvalue weighted by molar-refractivity contribution is -0.140. The van der Waals surface area contributed by atoms with E-state index in [0.29, 0.717) is 24.4 Å². The van der Waals surface area contributed by atoms with Crippen LogP contribution in [-0.2, 0) is 26.2 Å². The van der Waals surface area contributed by atoms with Gasteiger partial charge in [0.15, 0.2) is 0 Å². The Labute approximate surface area is 250 Å². The van der Waals surface area contributed by atoms with Crippen LogP contribution in [0.2, 0.25) is 0 Å². The molecule has 9 heteroatoms. The van der Waals surface area contributed by atoms with Gasteiger partial charge in [-0.25, -0.2) is 8.42 Å². The van der Waals surface area contributed by atoms with Crippen molar-refractivity contribution in [3.8, 4) is 5.75 Å². The van der Waals surface area contributed by atoms with Crippen LogP contribution < -0.4 is 14.4 Å². The fraction of sp³-hybridized carbons (Fsp3) is 0.394. The summed E-state index contributed by atoms with van der Waals surface area (Å²) < 4.78 is 34.5. The monoisotopic (exact) mass is 593 g/mol. The number of anilines is 1. The molecule has 0 radical (unpaired) electrons. The van der Waals surface area contributed by atoms with Crippen molar-refractivity contribution >= 4 is 27.5 Å². The van der Waals surface area contributed by atoms with E-state index >= 15 is 0 Å². The topological polar surface area (TPSA) is 96.0 Å². The summed E-state index contributed by atoms with van der Waals surface area (Å²) in [6.45, 7) is 9.80. The van der Waals surface area contributed by atoms with E-state index in [1.54, 1.807) is 55.6 Å². The first kappa shape index (κ1) is 32.7. The van der Waals surface area contributed by atoms with E-state index in [9.17, 15) is 18.0 Å². The molecule has 0 aliphatic heterocycles. The number of hydrogen-bond acceptors (Lipinski definition) is 5. The smallest absolute Gasteiger partial charge is 0.264 e. The highest BCUT2D eigenvalue weighted by atomic mass is 32.2. The second-order valence-corrected chi connectivity index (χ2v) is 12.4. The first-order chi connectivity index (χ1) is 20.0. The number of hydrogen-bond donors (Lipinski definition) is 1. The lowest BCUT2D eigenvalue weighted by Crippen LogP contribution is -2.52. The molecule has 0 spiro atoms. The summed E-state index contributed by atoms with van der Waals surface area (Å²) in [7, 11) is -2.53. The molecule has 0 aliphatic rings. The molecule has 1 unspecified atom stereocenters. The second-order valence-electron chi connectivity index (χ2n) is 10.5. The number of benzene rings is 3. The molecule has 0 saturated heterocycles. The molecule has 0 heterocycles. The third-order valence-corrected chi connectivity index (χ3v) is 9.18. The Morgan fingerprint density at radius 1 is 0.905 bits per heavy atom. The number of ether oxygens (including phenoxy) is 1. The Bertz CT molecular complexity index is 1450. The number of unbranched alkanes of at least 4 members (excludes halogenated alkanes) is 1. The quantitative estimate of drug-likeness (QED) is 0.248. The molecule has 8 nitrogen and oxygen atoms in total. The molecular weight excluding hydrogens is 550 g/mol. The van der Waals surface area contributed by atoms with Crippen molar-refractivity contribution in [1.82, 2.24) is 10.2 Å². The van der Waals surface area contributed by atoms with E-state index in [2.05, 4.69) is 5.32 Å². The minimum atomic E-state index is -4.11. The van der Waals surface area contributed by atoms with Crippen molar-refractivity contribution in [3.63, 3.8) is 0 Å². The van der Waals surface area contributed by atoms with Crippen LogP contribution in [0.1, 0.15) is 55.4 Å². The minimum absolute atomic E-state index is 0.0881. The van der Waals surface area contributed by atoms with Gasteiger partial charge in [0.2, 0.25) is 11.8 Å². The van der Waals surface area contributed by atoms with E-state index < -0.39 is 28.5 Å². The highest BCUT2D eigenvalue weighted by Crippen LogP contribution is 2.27. The molecule has 0 fully saturated rings. The maximum absolute atomic E-state index is 14.2. The normalized spacial score (nSPS) is 12.0. The van der Waals surface area contributed by atoms with Gasteiger partial charge in [0, 0.05) is 13.1 Å². The Hall–Kier alpha value is -3.85. The van der Waals surface area contributed by atoms with Gasteiger partial charge < -0.3 is 15.0 Å². The Morgan fingerprint density at radius 3 is 2.14 bits per heavy atom. The van der Waals surface area contributed by atoms with Gasteiger partial charge in [-0.15, -0.1) is 0 Å². The lowest BCUT2D eigenvalue weighted by Gasteiger charge is -2.33. The first-order valence-corrected chi connectivity index (χ1v) is 15.8. The number of rotatable bonds is 14. The van der Waals surface area contributed by atoms with Crippen LogP contribution in [-0.4, -0.2) is 51.4 Å². The van der Waals surface area contributed by atoms with E-state index in [1.165, 1.54) is 4.90 Å². The molecule has 3 aromatic rings. The average Bonchev–Trinajstić information content (AvgIpc) is 2.97. The van der Waals surface area contributed by atoms with Crippen LogP contribution in [0.15, 0.2) is 71.6 Å².